The molecule has 1 saturated heterocycles. The molecule has 5 nitrogen and oxygen atoms in total. The summed E-state index contributed by atoms with van der Waals surface area (Å²) in [7, 11) is 0. The molecule has 0 radical (unpaired) electrons. The van der Waals surface area contributed by atoms with Crippen LogP contribution >= 0.6 is 0 Å². The lowest BCUT2D eigenvalue weighted by molar-refractivity contribution is 0.0856. The van der Waals surface area contributed by atoms with Gasteiger partial charge < -0.3 is 10.1 Å². The highest BCUT2D eigenvalue weighted by Gasteiger charge is 2.22. The number of rotatable bonds is 3. The smallest absolute Gasteiger partial charge is 0.154 e. The molecule has 0 atom stereocenters. The predicted molar refractivity (Wildman–Crippen MR) is 86.3 cm³/mol. The molecule has 1 saturated carbocycles. The molecule has 2 aliphatic rings. The maximum absolute atomic E-state index is 5.51. The molecule has 2 fully saturated rings. The van der Waals surface area contributed by atoms with E-state index in [4.69, 9.17) is 4.74 Å². The molecule has 22 heavy (non-hydrogen) atoms. The van der Waals surface area contributed by atoms with Crippen LogP contribution in [0.25, 0.3) is 5.52 Å². The van der Waals surface area contributed by atoms with E-state index in [0.717, 1.165) is 31.9 Å². The van der Waals surface area contributed by atoms with Gasteiger partial charge in [-0.25, -0.2) is 9.50 Å². The summed E-state index contributed by atoms with van der Waals surface area (Å²) >= 11 is 0. The fourth-order valence-corrected chi connectivity index (χ4v) is 3.86. The van der Waals surface area contributed by atoms with Crippen molar-refractivity contribution in [3.63, 3.8) is 0 Å². The zero-order chi connectivity index (χ0) is 14.8. The van der Waals surface area contributed by atoms with E-state index in [1.54, 1.807) is 6.33 Å². The van der Waals surface area contributed by atoms with Gasteiger partial charge in [0.15, 0.2) is 5.82 Å². The summed E-state index contributed by atoms with van der Waals surface area (Å²) in [4.78, 5) is 4.55. The lowest BCUT2D eigenvalue weighted by Gasteiger charge is -2.25. The molecule has 1 aliphatic carbocycles. The first-order valence-corrected chi connectivity index (χ1v) is 8.58. The average Bonchev–Trinajstić information content (AvgIpc) is 3.02. The van der Waals surface area contributed by atoms with Gasteiger partial charge in [-0.05, 0) is 43.2 Å². The van der Waals surface area contributed by atoms with Crippen molar-refractivity contribution in [2.24, 2.45) is 0 Å². The van der Waals surface area contributed by atoms with Crippen LogP contribution in [0.15, 0.2) is 18.6 Å². The Morgan fingerprint density at radius 1 is 1.09 bits per heavy atom. The largest absolute Gasteiger partial charge is 0.381 e. The van der Waals surface area contributed by atoms with Crippen molar-refractivity contribution in [2.75, 3.05) is 18.5 Å². The minimum Gasteiger partial charge on any atom is -0.381 e. The van der Waals surface area contributed by atoms with Crippen LogP contribution in [0.4, 0.5) is 5.82 Å². The van der Waals surface area contributed by atoms with Crippen LogP contribution in [0, 0.1) is 0 Å². The topological polar surface area (TPSA) is 51.5 Å². The van der Waals surface area contributed by atoms with Crippen LogP contribution in [0.3, 0.4) is 0 Å². The maximum atomic E-state index is 5.51. The van der Waals surface area contributed by atoms with Gasteiger partial charge in [0.25, 0.3) is 0 Å². The highest BCUT2D eigenvalue weighted by atomic mass is 16.5. The van der Waals surface area contributed by atoms with Crippen LogP contribution in [0.2, 0.25) is 0 Å². The molecule has 1 aliphatic heterocycles. The van der Waals surface area contributed by atoms with Gasteiger partial charge >= 0.3 is 0 Å². The van der Waals surface area contributed by atoms with Gasteiger partial charge in [-0.3, -0.25) is 0 Å². The summed E-state index contributed by atoms with van der Waals surface area (Å²) in [6, 6.07) is 2.77. The molecule has 2 aromatic heterocycles. The molecule has 0 aromatic carbocycles. The standard InChI is InChI=1S/C17H24N4O/c1-2-4-14(5-3-1)20-17-16-15(13-7-10-22-11-8-13)6-9-21(16)19-12-18-17/h6,9,12-14H,1-5,7-8,10-11H2,(H,18,19,20). The Labute approximate surface area is 131 Å². The molecule has 118 valence electrons. The Balaban J connectivity index is 1.66. The Bertz CT molecular complexity index is 627. The first-order valence-electron chi connectivity index (χ1n) is 8.58. The van der Waals surface area contributed by atoms with Crippen molar-refractivity contribution < 1.29 is 4.74 Å². The molecule has 0 unspecified atom stereocenters. The van der Waals surface area contributed by atoms with Gasteiger partial charge in [-0.15, -0.1) is 0 Å². The molecule has 3 heterocycles. The second-order valence-corrected chi connectivity index (χ2v) is 6.54. The number of fused-ring (bicyclic) bond motifs is 1. The molecule has 0 spiro atoms. The number of ether oxygens (including phenoxy) is 1. The maximum Gasteiger partial charge on any atom is 0.154 e. The van der Waals surface area contributed by atoms with Crippen molar-refractivity contribution in [1.29, 1.82) is 0 Å². The number of nitrogens with zero attached hydrogens (tertiary/aromatic N) is 3. The van der Waals surface area contributed by atoms with Gasteiger partial charge in [0.05, 0.1) is 0 Å². The molecule has 1 N–H and O–H groups in total. The number of anilines is 1. The monoisotopic (exact) mass is 300 g/mol. The summed E-state index contributed by atoms with van der Waals surface area (Å²) in [5.74, 6) is 1.57. The van der Waals surface area contributed by atoms with E-state index in [9.17, 15) is 0 Å². The molecule has 0 amide bonds. The highest BCUT2D eigenvalue weighted by Crippen LogP contribution is 2.33. The van der Waals surface area contributed by atoms with Crippen molar-refractivity contribution in [3.05, 3.63) is 24.2 Å². The molecule has 2 aromatic rings. The Morgan fingerprint density at radius 2 is 1.91 bits per heavy atom. The Morgan fingerprint density at radius 3 is 2.73 bits per heavy atom. The van der Waals surface area contributed by atoms with E-state index in [1.807, 2.05) is 4.52 Å². The van der Waals surface area contributed by atoms with Gasteiger partial charge in [-0.1, -0.05) is 19.3 Å². The van der Waals surface area contributed by atoms with Crippen molar-refractivity contribution >= 4 is 11.3 Å². The normalized spacial score (nSPS) is 21.3. The minimum atomic E-state index is 0.560. The van der Waals surface area contributed by atoms with Crippen LogP contribution in [-0.4, -0.2) is 33.9 Å². The quantitative estimate of drug-likeness (QED) is 0.944. The molecule has 0 bridgehead atoms. The second kappa shape index (κ2) is 6.24. The van der Waals surface area contributed by atoms with Crippen LogP contribution in [0.1, 0.15) is 56.4 Å². The van der Waals surface area contributed by atoms with Gasteiger partial charge in [0.2, 0.25) is 0 Å². The summed E-state index contributed by atoms with van der Waals surface area (Å²) in [5.41, 5.74) is 2.54. The van der Waals surface area contributed by atoms with E-state index in [2.05, 4.69) is 27.7 Å². The molecule has 5 heteroatoms. The zero-order valence-electron chi connectivity index (χ0n) is 13.0. The van der Waals surface area contributed by atoms with Crippen molar-refractivity contribution in [3.8, 4) is 0 Å². The van der Waals surface area contributed by atoms with E-state index >= 15 is 0 Å². The van der Waals surface area contributed by atoms with E-state index in [0.29, 0.717) is 12.0 Å². The number of aromatic nitrogens is 3. The molecule has 4 rings (SSSR count). The van der Waals surface area contributed by atoms with Crippen LogP contribution in [0.5, 0.6) is 0 Å². The third kappa shape index (κ3) is 2.70. The average molecular weight is 300 g/mol. The van der Waals surface area contributed by atoms with Crippen LogP contribution < -0.4 is 5.32 Å². The highest BCUT2D eigenvalue weighted by molar-refractivity contribution is 5.73. The zero-order valence-corrected chi connectivity index (χ0v) is 13.0. The number of hydrogen-bond donors (Lipinski definition) is 1. The fraction of sp³-hybridized carbons (Fsp3) is 0.647. The first kappa shape index (κ1) is 14.0. The number of hydrogen-bond acceptors (Lipinski definition) is 4. The second-order valence-electron chi connectivity index (χ2n) is 6.54. The lowest BCUT2D eigenvalue weighted by Crippen LogP contribution is -2.23. The lowest BCUT2D eigenvalue weighted by atomic mass is 9.92. The van der Waals surface area contributed by atoms with Gasteiger partial charge in [0, 0.05) is 25.5 Å². The van der Waals surface area contributed by atoms with Crippen molar-refractivity contribution in [1.82, 2.24) is 14.6 Å². The van der Waals surface area contributed by atoms with Crippen molar-refractivity contribution in [2.45, 2.75) is 56.9 Å². The summed E-state index contributed by atoms with van der Waals surface area (Å²) in [6.07, 6.45) is 12.4. The van der Waals surface area contributed by atoms with Gasteiger partial charge in [0.1, 0.15) is 11.8 Å². The first-order chi connectivity index (χ1) is 10.9. The van der Waals surface area contributed by atoms with Gasteiger partial charge in [-0.2, -0.15) is 5.10 Å². The molecular formula is C17H24N4O. The SMILES string of the molecule is c1nc(NC2CCCCC2)c2c(C3CCOCC3)ccn2n1. The summed E-state index contributed by atoms with van der Waals surface area (Å²) in [6.45, 7) is 1.72. The summed E-state index contributed by atoms with van der Waals surface area (Å²) in [5, 5.41) is 8.07. The minimum absolute atomic E-state index is 0.560. The van der Waals surface area contributed by atoms with E-state index in [1.165, 1.54) is 43.2 Å². The Hall–Kier alpha value is -1.62. The fourth-order valence-electron chi connectivity index (χ4n) is 3.86. The third-order valence-electron chi connectivity index (χ3n) is 5.09. The van der Waals surface area contributed by atoms with E-state index in [-0.39, 0.29) is 0 Å². The number of nitrogens with one attached hydrogen (secondary N) is 1. The summed E-state index contributed by atoms with van der Waals surface area (Å²) < 4.78 is 7.48. The Kier molecular flexibility index (Phi) is 3.97. The van der Waals surface area contributed by atoms with Crippen LogP contribution in [-0.2, 0) is 4.74 Å². The molecular weight excluding hydrogens is 276 g/mol. The predicted octanol–water partition coefficient (Wildman–Crippen LogP) is 3.37. The third-order valence-corrected chi connectivity index (χ3v) is 5.09. The van der Waals surface area contributed by atoms with E-state index < -0.39 is 0 Å².